The van der Waals surface area contributed by atoms with E-state index in [-0.39, 0.29) is 11.3 Å². The van der Waals surface area contributed by atoms with Crippen molar-refractivity contribution in [3.8, 4) is 5.75 Å². The summed E-state index contributed by atoms with van der Waals surface area (Å²) in [5.74, 6) is -0.173. The van der Waals surface area contributed by atoms with E-state index in [9.17, 15) is 13.9 Å². The second-order valence-corrected chi connectivity index (χ2v) is 5.68. The molecule has 106 valence electrons. The fraction of sp³-hybridized carbons (Fsp3) is 0.500. The van der Waals surface area contributed by atoms with Crippen LogP contribution >= 0.6 is 27.5 Å². The van der Waals surface area contributed by atoms with Gasteiger partial charge in [-0.05, 0) is 28.1 Å². The maximum Gasteiger partial charge on any atom is 0.258 e. The van der Waals surface area contributed by atoms with Gasteiger partial charge in [0, 0.05) is 36.8 Å². The van der Waals surface area contributed by atoms with Gasteiger partial charge in [-0.2, -0.15) is 0 Å². The smallest absolute Gasteiger partial charge is 0.258 e. The van der Waals surface area contributed by atoms with Gasteiger partial charge in [0.1, 0.15) is 11.8 Å². The zero-order valence-electron chi connectivity index (χ0n) is 10.0. The van der Waals surface area contributed by atoms with Crippen LogP contribution in [0.4, 0.5) is 8.78 Å². The fourth-order valence-corrected chi connectivity index (χ4v) is 3.10. The van der Waals surface area contributed by atoms with E-state index < -0.39 is 12.5 Å². The van der Waals surface area contributed by atoms with Gasteiger partial charge in [0.2, 0.25) is 0 Å². The molecule has 0 aromatic heterocycles. The molecule has 0 aliphatic carbocycles. The third-order valence-corrected chi connectivity index (χ3v) is 3.98. The molecule has 1 aliphatic heterocycles. The standard InChI is InChI=1S/C12H14BrClF2N2O/c13-9-6-7(14)5-8(11(9)19)10(12(15)16)18-3-1-17-2-4-18/h5-6,10,12,17,19H,1-4H2/t10-/m0/s1. The van der Waals surface area contributed by atoms with E-state index >= 15 is 0 Å². The topological polar surface area (TPSA) is 35.5 Å². The highest BCUT2D eigenvalue weighted by Gasteiger charge is 2.32. The number of phenolic OH excluding ortho intramolecular Hbond substituents is 1. The predicted octanol–water partition coefficient (Wildman–Crippen LogP) is 3.02. The van der Waals surface area contributed by atoms with Crippen LogP contribution in [0.15, 0.2) is 16.6 Å². The number of hydrogen-bond donors (Lipinski definition) is 2. The molecule has 1 saturated heterocycles. The molecule has 0 spiro atoms. The zero-order valence-corrected chi connectivity index (χ0v) is 12.4. The van der Waals surface area contributed by atoms with E-state index in [0.717, 1.165) is 0 Å². The van der Waals surface area contributed by atoms with Crippen molar-refractivity contribution in [3.05, 3.63) is 27.2 Å². The summed E-state index contributed by atoms with van der Waals surface area (Å²) in [5.41, 5.74) is 0.163. The Labute approximate surface area is 123 Å². The first-order valence-corrected chi connectivity index (χ1v) is 7.08. The molecule has 0 radical (unpaired) electrons. The molecule has 2 N–H and O–H groups in total. The highest BCUT2D eigenvalue weighted by molar-refractivity contribution is 9.10. The molecule has 0 saturated carbocycles. The average molecular weight is 356 g/mol. The lowest BCUT2D eigenvalue weighted by atomic mass is 10.0. The predicted molar refractivity (Wildman–Crippen MR) is 74.0 cm³/mol. The minimum atomic E-state index is -2.59. The van der Waals surface area contributed by atoms with Crippen LogP contribution in [-0.2, 0) is 0 Å². The first kappa shape index (κ1) is 15.0. The van der Waals surface area contributed by atoms with Gasteiger partial charge in [-0.15, -0.1) is 0 Å². The number of alkyl halides is 2. The number of hydrogen-bond acceptors (Lipinski definition) is 3. The molecule has 0 amide bonds. The summed E-state index contributed by atoms with van der Waals surface area (Å²) in [7, 11) is 0. The number of rotatable bonds is 3. The molecule has 1 aromatic rings. The van der Waals surface area contributed by atoms with Crippen molar-refractivity contribution >= 4 is 27.5 Å². The van der Waals surface area contributed by atoms with Crippen molar-refractivity contribution in [3.63, 3.8) is 0 Å². The summed E-state index contributed by atoms with van der Waals surface area (Å²) in [6.07, 6.45) is -2.59. The molecule has 0 bridgehead atoms. The molecule has 0 unspecified atom stereocenters. The summed E-state index contributed by atoms with van der Waals surface area (Å²) in [5, 5.41) is 13.4. The van der Waals surface area contributed by atoms with Crippen molar-refractivity contribution in [1.82, 2.24) is 10.2 Å². The van der Waals surface area contributed by atoms with E-state index in [1.165, 1.54) is 12.1 Å². The average Bonchev–Trinajstić information content (AvgIpc) is 2.36. The van der Waals surface area contributed by atoms with Crippen molar-refractivity contribution in [2.45, 2.75) is 12.5 Å². The zero-order chi connectivity index (χ0) is 14.0. The highest BCUT2D eigenvalue weighted by atomic mass is 79.9. The molecule has 1 aliphatic rings. The molecule has 7 heteroatoms. The molecule has 1 heterocycles. The summed E-state index contributed by atoms with van der Waals surface area (Å²) in [6, 6.07) is 1.75. The molecular formula is C12H14BrClF2N2O. The van der Waals surface area contributed by atoms with E-state index in [2.05, 4.69) is 21.2 Å². The van der Waals surface area contributed by atoms with Crippen LogP contribution in [0.25, 0.3) is 0 Å². The Balaban J connectivity index is 2.38. The van der Waals surface area contributed by atoms with Gasteiger partial charge in [-0.25, -0.2) is 8.78 Å². The third kappa shape index (κ3) is 3.37. The van der Waals surface area contributed by atoms with Crippen molar-refractivity contribution in [1.29, 1.82) is 0 Å². The summed E-state index contributed by atoms with van der Waals surface area (Å²) >= 11 is 9.02. The Morgan fingerprint density at radius 1 is 1.32 bits per heavy atom. The van der Waals surface area contributed by atoms with Crippen LogP contribution in [0.5, 0.6) is 5.75 Å². The normalized spacial score (nSPS) is 18.8. The van der Waals surface area contributed by atoms with Gasteiger partial charge >= 0.3 is 0 Å². The third-order valence-electron chi connectivity index (χ3n) is 3.16. The van der Waals surface area contributed by atoms with Gasteiger partial charge in [-0.1, -0.05) is 11.6 Å². The van der Waals surface area contributed by atoms with Crippen LogP contribution in [0.3, 0.4) is 0 Å². The fourth-order valence-electron chi connectivity index (χ4n) is 2.26. The van der Waals surface area contributed by atoms with Gasteiger partial charge in [0.15, 0.2) is 0 Å². The number of nitrogens with one attached hydrogen (secondary N) is 1. The lowest BCUT2D eigenvalue weighted by Crippen LogP contribution is -2.46. The van der Waals surface area contributed by atoms with E-state index in [1.54, 1.807) is 4.90 Å². The molecule has 2 rings (SSSR count). The number of aromatic hydroxyl groups is 1. The maximum absolute atomic E-state index is 13.4. The largest absolute Gasteiger partial charge is 0.506 e. The van der Waals surface area contributed by atoms with Crippen LogP contribution in [-0.4, -0.2) is 42.6 Å². The second-order valence-electron chi connectivity index (χ2n) is 4.39. The Hall–Kier alpha value is -0.430. The molecule has 19 heavy (non-hydrogen) atoms. The summed E-state index contributed by atoms with van der Waals surface area (Å²) in [6.45, 7) is 2.34. The summed E-state index contributed by atoms with van der Waals surface area (Å²) < 4.78 is 27.1. The Morgan fingerprint density at radius 3 is 2.53 bits per heavy atom. The number of piperazine rings is 1. The lowest BCUT2D eigenvalue weighted by molar-refractivity contribution is 0.0170. The van der Waals surface area contributed by atoms with Gasteiger partial charge in [0.05, 0.1) is 4.47 Å². The SMILES string of the molecule is Oc1c(Br)cc(Cl)cc1[C@@H](C(F)F)N1CCNCC1. The number of phenols is 1. The van der Waals surface area contributed by atoms with E-state index in [0.29, 0.717) is 35.7 Å². The number of nitrogens with zero attached hydrogens (tertiary/aromatic N) is 1. The molecular weight excluding hydrogens is 341 g/mol. The molecule has 1 atom stereocenters. The minimum Gasteiger partial charge on any atom is -0.506 e. The first-order chi connectivity index (χ1) is 9.00. The molecule has 1 fully saturated rings. The highest BCUT2D eigenvalue weighted by Crippen LogP contribution is 2.39. The van der Waals surface area contributed by atoms with Gasteiger partial charge in [-0.3, -0.25) is 4.90 Å². The van der Waals surface area contributed by atoms with Crippen LogP contribution in [0, 0.1) is 0 Å². The molecule has 1 aromatic carbocycles. The van der Waals surface area contributed by atoms with E-state index in [4.69, 9.17) is 11.6 Å². The van der Waals surface area contributed by atoms with Gasteiger partial charge in [0.25, 0.3) is 6.43 Å². The Morgan fingerprint density at radius 2 is 1.95 bits per heavy atom. The first-order valence-electron chi connectivity index (χ1n) is 5.91. The van der Waals surface area contributed by atoms with Crippen molar-refractivity contribution in [2.24, 2.45) is 0 Å². The van der Waals surface area contributed by atoms with Gasteiger partial charge < -0.3 is 10.4 Å². The Kier molecular flexibility index (Phi) is 5.00. The van der Waals surface area contributed by atoms with Crippen LogP contribution in [0.2, 0.25) is 5.02 Å². The van der Waals surface area contributed by atoms with Crippen LogP contribution < -0.4 is 5.32 Å². The maximum atomic E-state index is 13.4. The van der Waals surface area contributed by atoms with Crippen molar-refractivity contribution in [2.75, 3.05) is 26.2 Å². The lowest BCUT2D eigenvalue weighted by Gasteiger charge is -2.35. The monoisotopic (exact) mass is 354 g/mol. The quantitative estimate of drug-likeness (QED) is 0.875. The minimum absolute atomic E-state index is 0.163. The van der Waals surface area contributed by atoms with Crippen LogP contribution in [0.1, 0.15) is 11.6 Å². The van der Waals surface area contributed by atoms with E-state index in [1.807, 2.05) is 0 Å². The summed E-state index contributed by atoms with van der Waals surface area (Å²) in [4.78, 5) is 1.67. The number of benzene rings is 1. The Bertz CT molecular complexity index is 456. The molecule has 3 nitrogen and oxygen atoms in total. The number of halogens is 4. The van der Waals surface area contributed by atoms with Crippen molar-refractivity contribution < 1.29 is 13.9 Å². The second kappa shape index (κ2) is 6.35.